The first-order valence-corrected chi connectivity index (χ1v) is 15.1. The van der Waals surface area contributed by atoms with Crippen LogP contribution in [-0.4, -0.2) is 4.82 Å². The van der Waals surface area contributed by atoms with Crippen molar-refractivity contribution in [2.75, 3.05) is 0 Å². The van der Waals surface area contributed by atoms with Crippen LogP contribution in [0.1, 0.15) is 38.3 Å². The van der Waals surface area contributed by atoms with Crippen molar-refractivity contribution in [3.8, 4) is 5.75 Å². The van der Waals surface area contributed by atoms with Gasteiger partial charge in [0.25, 0.3) is 0 Å². The van der Waals surface area contributed by atoms with Crippen LogP contribution in [0.15, 0.2) is 101 Å². The molecule has 0 spiro atoms. The van der Waals surface area contributed by atoms with E-state index < -0.39 is 15.2 Å². The molecule has 0 aromatic heterocycles. The summed E-state index contributed by atoms with van der Waals surface area (Å²) in [5.41, 5.74) is 2.54. The third-order valence-corrected chi connectivity index (χ3v) is 15.1. The van der Waals surface area contributed by atoms with E-state index in [0.717, 1.165) is 12.2 Å². The molecule has 0 aliphatic heterocycles. The molecule has 3 aromatic rings. The molecule has 0 saturated carbocycles. The normalized spacial score (nSPS) is 13.5. The number of rotatable bonds is 5. The molecule has 0 fully saturated rings. The van der Waals surface area contributed by atoms with Crippen molar-refractivity contribution in [3.63, 3.8) is 0 Å². The van der Waals surface area contributed by atoms with Crippen molar-refractivity contribution < 1.29 is 18.5 Å². The first kappa shape index (κ1) is 27.3. The topological polar surface area (TPSA) is 9.23 Å². The Morgan fingerprint density at radius 2 is 1.36 bits per heavy atom. The molecule has 0 heterocycles. The van der Waals surface area contributed by atoms with E-state index in [1.54, 1.807) is 0 Å². The molecule has 0 unspecified atom stereocenters. The van der Waals surface area contributed by atoms with Crippen LogP contribution in [0.3, 0.4) is 0 Å². The number of allylic oxidation sites excluding steroid dienone is 4. The van der Waals surface area contributed by atoms with E-state index in [1.165, 1.54) is 22.7 Å². The second-order valence-corrected chi connectivity index (χ2v) is 17.2. The fourth-order valence-electron chi connectivity index (χ4n) is 4.64. The van der Waals surface area contributed by atoms with Gasteiger partial charge in [-0.15, -0.1) is 24.8 Å². The molecule has 3 aromatic carbocycles. The third kappa shape index (κ3) is 4.98. The molecule has 174 valence electrons. The minimum atomic E-state index is -4.37. The second-order valence-electron chi connectivity index (χ2n) is 9.80. The Morgan fingerprint density at radius 3 is 1.82 bits per heavy atom. The van der Waals surface area contributed by atoms with Gasteiger partial charge in [-0.2, -0.15) is 0 Å². The van der Waals surface area contributed by atoms with Crippen molar-refractivity contribution in [2.24, 2.45) is 0 Å². The predicted octanol–water partition coefficient (Wildman–Crippen LogP) is 7.05. The van der Waals surface area contributed by atoms with E-state index in [0.29, 0.717) is 0 Å². The van der Waals surface area contributed by atoms with Crippen LogP contribution in [0.4, 0.5) is 0 Å². The van der Waals surface area contributed by atoms with Crippen molar-refractivity contribution in [1.82, 2.24) is 0 Å². The predicted molar refractivity (Wildman–Crippen MR) is 146 cm³/mol. The Labute approximate surface area is 212 Å². The van der Waals surface area contributed by atoms with Crippen molar-refractivity contribution >= 4 is 37.4 Å². The number of benzene rings is 3. The van der Waals surface area contributed by atoms with Gasteiger partial charge >= 0.3 is 188 Å². The van der Waals surface area contributed by atoms with Crippen LogP contribution in [0.2, 0.25) is 0 Å². The average molecular weight is 517 g/mol. The van der Waals surface area contributed by atoms with Crippen LogP contribution in [0.25, 0.3) is 0 Å². The average Bonchev–Trinajstić information content (AvgIpc) is 3.30. The first-order chi connectivity index (χ1) is 14.7. The van der Waals surface area contributed by atoms with Crippen LogP contribution in [0, 0.1) is 6.92 Å². The quantitative estimate of drug-likeness (QED) is 0.330. The second kappa shape index (κ2) is 10.2. The van der Waals surface area contributed by atoms with Gasteiger partial charge in [0.1, 0.15) is 0 Å². The number of hydrogen-bond acceptors (Lipinski definition) is 1. The SMILES string of the molecule is Cl.Cl.[CH2]=[Ti]([O]c1cc(C)cc(C(C)(C)C)c1)([C]1=CC=CC1)([c]1ccccc1)[c]1ccccc1. The summed E-state index contributed by atoms with van der Waals surface area (Å²) in [6.07, 6.45) is 7.48. The van der Waals surface area contributed by atoms with Gasteiger partial charge in [-0.3, -0.25) is 0 Å². The van der Waals surface area contributed by atoms with E-state index in [2.05, 4.69) is 125 Å². The van der Waals surface area contributed by atoms with Crippen molar-refractivity contribution in [1.29, 1.82) is 0 Å². The molecule has 0 saturated heterocycles. The van der Waals surface area contributed by atoms with Gasteiger partial charge in [0, 0.05) is 0 Å². The maximum atomic E-state index is 7.33. The van der Waals surface area contributed by atoms with Crippen LogP contribution in [-0.2, 0) is 20.6 Å². The summed E-state index contributed by atoms with van der Waals surface area (Å²) >= 11 is -4.37. The van der Waals surface area contributed by atoms with Crippen molar-refractivity contribution in [2.45, 2.75) is 39.5 Å². The number of halogens is 2. The zero-order chi connectivity index (χ0) is 22.1. The van der Waals surface area contributed by atoms with Gasteiger partial charge in [-0.1, -0.05) is 0 Å². The number of aryl methyl sites for hydroxylation is 1. The molecule has 33 heavy (non-hydrogen) atoms. The molecule has 1 aliphatic rings. The fraction of sp³-hybridized carbons (Fsp3) is 0.207. The summed E-state index contributed by atoms with van der Waals surface area (Å²) in [4.78, 5) is 5.10. The molecule has 4 rings (SSSR count). The zero-order valence-corrected chi connectivity index (χ0v) is 23.1. The molecule has 1 nitrogen and oxygen atoms in total. The van der Waals surface area contributed by atoms with Gasteiger partial charge in [0.2, 0.25) is 0 Å². The van der Waals surface area contributed by atoms with Crippen LogP contribution in [0.5, 0.6) is 5.75 Å². The molecule has 4 heteroatoms. The standard InChI is InChI=1S/C11H16O.2C6H5.C5H5.CH2.2ClH.Ti/c1-8-5-9(11(2,3)4)7-10(12)6-8;2*1-2-4-6-5-3-1;1-2-4-5-3-1;;;;/h5-7,12H,1-4H3;2*1-5H;1-3H,4H2;1H2;2*1H;/q;;;;;;;+1/p-1. The number of hydrogen-bond donors (Lipinski definition) is 0. The molecule has 0 N–H and O–H groups in total. The molecule has 0 amide bonds. The summed E-state index contributed by atoms with van der Waals surface area (Å²) in [6.45, 7) is 8.89. The van der Waals surface area contributed by atoms with E-state index in [9.17, 15) is 0 Å². The van der Waals surface area contributed by atoms with E-state index >= 15 is 0 Å². The van der Waals surface area contributed by atoms with Gasteiger partial charge in [-0.05, 0) is 0 Å². The summed E-state index contributed by atoms with van der Waals surface area (Å²) in [5, 5.41) is 0. The fourth-order valence-corrected chi connectivity index (χ4v) is 12.3. The third-order valence-electron chi connectivity index (χ3n) is 6.48. The molecule has 1 aliphatic carbocycles. The summed E-state index contributed by atoms with van der Waals surface area (Å²) < 4.78 is 11.1. The molecular formula is C29H34Cl2OTi. The minimum absolute atomic E-state index is 0. The molecule has 0 bridgehead atoms. The van der Waals surface area contributed by atoms with E-state index in [1.807, 2.05) is 0 Å². The Balaban J connectivity index is 0.00000193. The summed E-state index contributed by atoms with van der Waals surface area (Å²) in [5.74, 6) is 0.914. The van der Waals surface area contributed by atoms with Crippen LogP contribution >= 0.6 is 24.8 Å². The first-order valence-electron chi connectivity index (χ1n) is 11.0. The van der Waals surface area contributed by atoms with Gasteiger partial charge in [0.05, 0.1) is 0 Å². The monoisotopic (exact) mass is 516 g/mol. The Hall–Kier alpha value is -1.90. The maximum absolute atomic E-state index is 7.33. The molecule has 0 atom stereocenters. The summed E-state index contributed by atoms with van der Waals surface area (Å²) in [6, 6.07) is 28.0. The van der Waals surface area contributed by atoms with Crippen LogP contribution < -0.4 is 11.1 Å². The van der Waals surface area contributed by atoms with Gasteiger partial charge in [-0.25, -0.2) is 0 Å². The van der Waals surface area contributed by atoms with Crippen molar-refractivity contribution in [3.05, 3.63) is 112 Å². The Kier molecular flexibility index (Phi) is 8.42. The molecular weight excluding hydrogens is 483 g/mol. The zero-order valence-electron chi connectivity index (χ0n) is 19.9. The molecule has 0 radical (unpaired) electrons. The van der Waals surface area contributed by atoms with Gasteiger partial charge in [0.15, 0.2) is 0 Å². The van der Waals surface area contributed by atoms with Gasteiger partial charge < -0.3 is 0 Å². The Morgan fingerprint density at radius 1 is 0.818 bits per heavy atom. The van der Waals surface area contributed by atoms with E-state index in [4.69, 9.17) is 8.14 Å². The summed E-state index contributed by atoms with van der Waals surface area (Å²) in [7, 11) is 0. The Bertz CT molecular complexity index is 1180. The van der Waals surface area contributed by atoms with E-state index in [-0.39, 0.29) is 30.2 Å².